The van der Waals surface area contributed by atoms with E-state index in [1.165, 1.54) is 0 Å². The summed E-state index contributed by atoms with van der Waals surface area (Å²) >= 11 is 1.56. The predicted molar refractivity (Wildman–Crippen MR) is 126 cm³/mol. The molecule has 7 heteroatoms. The van der Waals surface area contributed by atoms with Gasteiger partial charge in [-0.15, -0.1) is 11.3 Å². The Morgan fingerprint density at radius 3 is 2.47 bits per heavy atom. The van der Waals surface area contributed by atoms with E-state index in [4.69, 9.17) is 14.2 Å². The van der Waals surface area contributed by atoms with Gasteiger partial charge in [0.2, 0.25) is 0 Å². The third-order valence-electron chi connectivity index (χ3n) is 6.56. The Morgan fingerprint density at radius 1 is 1.00 bits per heavy atom. The lowest BCUT2D eigenvalue weighted by molar-refractivity contribution is -0.0728. The van der Waals surface area contributed by atoms with E-state index < -0.39 is 0 Å². The first kappa shape index (κ1) is 21.7. The van der Waals surface area contributed by atoms with Crippen molar-refractivity contribution in [3.63, 3.8) is 0 Å². The number of rotatable bonds is 4. The Morgan fingerprint density at radius 2 is 1.72 bits per heavy atom. The molecule has 2 fully saturated rings. The van der Waals surface area contributed by atoms with Gasteiger partial charge in [-0.1, -0.05) is 0 Å². The summed E-state index contributed by atoms with van der Waals surface area (Å²) in [5.41, 5.74) is 1.06. The van der Waals surface area contributed by atoms with Crippen LogP contribution in [0.2, 0.25) is 0 Å². The van der Waals surface area contributed by atoms with Gasteiger partial charge in [0.1, 0.15) is 13.2 Å². The lowest BCUT2D eigenvalue weighted by Gasteiger charge is -2.39. The van der Waals surface area contributed by atoms with E-state index in [-0.39, 0.29) is 5.91 Å². The molecule has 2 aromatic rings. The van der Waals surface area contributed by atoms with Gasteiger partial charge in [-0.2, -0.15) is 0 Å². The average molecular weight is 457 g/mol. The van der Waals surface area contributed by atoms with E-state index in [0.29, 0.717) is 31.3 Å². The van der Waals surface area contributed by atoms with Crippen molar-refractivity contribution in [2.24, 2.45) is 5.92 Å². The van der Waals surface area contributed by atoms with E-state index in [1.807, 2.05) is 35.2 Å². The highest BCUT2D eigenvalue weighted by Crippen LogP contribution is 2.37. The number of fused-ring (bicyclic) bond motifs is 1. The Balaban J connectivity index is 1.17. The Hall–Kier alpha value is -2.09. The number of carbonyl (C=O) groups is 1. The zero-order valence-electron chi connectivity index (χ0n) is 18.9. The minimum absolute atomic E-state index is 0.158. The maximum atomic E-state index is 13.1. The molecule has 32 heavy (non-hydrogen) atoms. The van der Waals surface area contributed by atoms with Gasteiger partial charge in [0.25, 0.3) is 5.91 Å². The molecule has 0 N–H and O–H groups in total. The molecule has 3 aliphatic heterocycles. The molecule has 1 amide bonds. The topological polar surface area (TPSA) is 51.2 Å². The number of amides is 1. The summed E-state index contributed by atoms with van der Waals surface area (Å²) in [4.78, 5) is 19.6. The van der Waals surface area contributed by atoms with Crippen LogP contribution < -0.4 is 9.47 Å². The number of ether oxygens (including phenoxy) is 3. The van der Waals surface area contributed by atoms with Crippen LogP contribution in [0.15, 0.2) is 30.3 Å². The summed E-state index contributed by atoms with van der Waals surface area (Å²) < 4.78 is 17.2. The van der Waals surface area contributed by atoms with Crippen LogP contribution in [-0.2, 0) is 4.74 Å². The van der Waals surface area contributed by atoms with Gasteiger partial charge in [0, 0.05) is 37.6 Å². The summed E-state index contributed by atoms with van der Waals surface area (Å²) in [7, 11) is 0. The van der Waals surface area contributed by atoms with E-state index >= 15 is 0 Å². The van der Waals surface area contributed by atoms with Crippen molar-refractivity contribution in [3.8, 4) is 21.9 Å². The second kappa shape index (κ2) is 9.41. The summed E-state index contributed by atoms with van der Waals surface area (Å²) in [5, 5.41) is 0. The molecule has 0 saturated carbocycles. The van der Waals surface area contributed by atoms with E-state index in [2.05, 4.69) is 18.7 Å². The monoisotopic (exact) mass is 456 g/mol. The van der Waals surface area contributed by atoms with Crippen molar-refractivity contribution in [2.45, 2.75) is 38.9 Å². The number of benzene rings is 1. The fourth-order valence-corrected chi connectivity index (χ4v) is 6.05. The van der Waals surface area contributed by atoms with Gasteiger partial charge >= 0.3 is 0 Å². The SMILES string of the molecule is CC1CN(CC2CCN(C(=O)c3ccc(-c4ccc5c(c4)OCCO5)s3)CC2)CC(C)O1. The first-order valence-corrected chi connectivity index (χ1v) is 12.5. The Bertz CT molecular complexity index is 943. The Kier molecular flexibility index (Phi) is 6.40. The van der Waals surface area contributed by atoms with Crippen molar-refractivity contribution >= 4 is 17.2 Å². The molecule has 1 aromatic carbocycles. The average Bonchev–Trinajstić information content (AvgIpc) is 3.28. The number of thiophene rings is 1. The molecule has 2 atom stereocenters. The summed E-state index contributed by atoms with van der Waals surface area (Å²) in [5.74, 6) is 2.39. The highest BCUT2D eigenvalue weighted by Gasteiger charge is 2.28. The second-order valence-corrected chi connectivity index (χ2v) is 10.3. The number of morpholine rings is 1. The molecular formula is C25H32N2O4S. The fourth-order valence-electron chi connectivity index (χ4n) is 5.08. The van der Waals surface area contributed by atoms with Crippen molar-refractivity contribution in [2.75, 3.05) is 45.9 Å². The summed E-state index contributed by atoms with van der Waals surface area (Å²) in [6.45, 7) is 10.3. The van der Waals surface area contributed by atoms with Crippen LogP contribution in [0.1, 0.15) is 36.4 Å². The molecule has 0 spiro atoms. The molecule has 2 unspecified atom stereocenters. The normalized spacial score (nSPS) is 24.5. The van der Waals surface area contributed by atoms with Crippen LogP contribution in [0.3, 0.4) is 0 Å². The van der Waals surface area contributed by atoms with E-state index in [0.717, 1.165) is 72.4 Å². The van der Waals surface area contributed by atoms with Gasteiger partial charge in [-0.25, -0.2) is 0 Å². The van der Waals surface area contributed by atoms with Crippen LogP contribution in [0.5, 0.6) is 11.5 Å². The zero-order chi connectivity index (χ0) is 22.1. The second-order valence-electron chi connectivity index (χ2n) is 9.23. The van der Waals surface area contributed by atoms with Crippen LogP contribution >= 0.6 is 11.3 Å². The third-order valence-corrected chi connectivity index (χ3v) is 7.68. The van der Waals surface area contributed by atoms with Crippen LogP contribution in [0.4, 0.5) is 0 Å². The number of carbonyl (C=O) groups excluding carboxylic acids is 1. The molecule has 3 aliphatic rings. The molecule has 0 radical (unpaired) electrons. The summed E-state index contributed by atoms with van der Waals surface area (Å²) in [6.07, 6.45) is 2.77. The van der Waals surface area contributed by atoms with E-state index in [1.54, 1.807) is 11.3 Å². The highest BCUT2D eigenvalue weighted by molar-refractivity contribution is 7.17. The molecule has 172 valence electrons. The van der Waals surface area contributed by atoms with Gasteiger partial charge in [0.15, 0.2) is 11.5 Å². The number of nitrogens with zero attached hydrogens (tertiary/aromatic N) is 2. The van der Waals surface area contributed by atoms with Crippen LogP contribution in [0.25, 0.3) is 10.4 Å². The Labute approximate surface area is 194 Å². The maximum Gasteiger partial charge on any atom is 0.263 e. The van der Waals surface area contributed by atoms with Crippen molar-refractivity contribution in [3.05, 3.63) is 35.2 Å². The molecule has 1 aromatic heterocycles. The lowest BCUT2D eigenvalue weighted by atomic mass is 9.95. The smallest absolute Gasteiger partial charge is 0.263 e. The maximum absolute atomic E-state index is 13.1. The minimum atomic E-state index is 0.158. The lowest BCUT2D eigenvalue weighted by Crippen LogP contribution is -2.48. The van der Waals surface area contributed by atoms with Gasteiger partial charge in [-0.3, -0.25) is 9.69 Å². The fraction of sp³-hybridized carbons (Fsp3) is 0.560. The van der Waals surface area contributed by atoms with Gasteiger partial charge in [-0.05, 0) is 68.5 Å². The summed E-state index contributed by atoms with van der Waals surface area (Å²) in [6, 6.07) is 9.99. The molecular weight excluding hydrogens is 424 g/mol. The number of hydrogen-bond acceptors (Lipinski definition) is 6. The van der Waals surface area contributed by atoms with Gasteiger partial charge in [0.05, 0.1) is 17.1 Å². The van der Waals surface area contributed by atoms with Crippen LogP contribution in [0, 0.1) is 5.92 Å². The van der Waals surface area contributed by atoms with E-state index in [9.17, 15) is 4.79 Å². The van der Waals surface area contributed by atoms with Crippen molar-refractivity contribution in [1.29, 1.82) is 0 Å². The highest BCUT2D eigenvalue weighted by atomic mass is 32.1. The quantitative estimate of drug-likeness (QED) is 0.692. The molecule has 2 saturated heterocycles. The minimum Gasteiger partial charge on any atom is -0.486 e. The van der Waals surface area contributed by atoms with Gasteiger partial charge < -0.3 is 19.1 Å². The molecule has 5 rings (SSSR count). The standard InChI is InChI=1S/C25H32N2O4S/c1-17-14-26(15-18(2)31-17)16-19-7-9-27(10-8-19)25(28)24-6-5-23(32-24)20-3-4-21-22(13-20)30-12-11-29-21/h3-6,13,17-19H,7-12,14-16H2,1-2H3. The zero-order valence-corrected chi connectivity index (χ0v) is 19.7. The third kappa shape index (κ3) is 4.80. The number of piperidine rings is 1. The number of hydrogen-bond donors (Lipinski definition) is 0. The first-order valence-electron chi connectivity index (χ1n) is 11.7. The van der Waals surface area contributed by atoms with Crippen LogP contribution in [-0.4, -0.2) is 73.9 Å². The largest absolute Gasteiger partial charge is 0.486 e. The molecule has 4 heterocycles. The van der Waals surface area contributed by atoms with Crippen molar-refractivity contribution in [1.82, 2.24) is 9.80 Å². The van der Waals surface area contributed by atoms with Crippen molar-refractivity contribution < 1.29 is 19.0 Å². The molecule has 0 bridgehead atoms. The molecule has 6 nitrogen and oxygen atoms in total. The molecule has 0 aliphatic carbocycles. The first-order chi connectivity index (χ1) is 15.5. The number of likely N-dealkylation sites (tertiary alicyclic amines) is 1. The predicted octanol–water partition coefficient (Wildman–Crippen LogP) is 4.15.